The first kappa shape index (κ1) is 27.3. The molecule has 10 heteroatoms. The highest BCUT2D eigenvalue weighted by atomic mass is 16.4. The number of benzene rings is 1. The molecular formula is C31H34N2O8. The molecule has 2 aromatic rings. The highest BCUT2D eigenvalue weighted by Crippen LogP contribution is 2.53. The van der Waals surface area contributed by atoms with E-state index in [1.165, 1.54) is 36.6 Å². The van der Waals surface area contributed by atoms with Crippen molar-refractivity contribution in [1.29, 1.82) is 0 Å². The van der Waals surface area contributed by atoms with E-state index in [2.05, 4.69) is 0 Å². The average Bonchev–Trinajstić information content (AvgIpc) is 3.59. The number of carbonyl (C=O) groups is 3. The molecule has 1 aromatic heterocycles. The number of aliphatic hydroxyl groups is 3. The summed E-state index contributed by atoms with van der Waals surface area (Å²) in [6.07, 6.45) is 5.89. The first-order valence-corrected chi connectivity index (χ1v) is 14.0. The minimum atomic E-state index is -2.66. The number of rotatable bonds is 5. The van der Waals surface area contributed by atoms with Gasteiger partial charge in [-0.15, -0.1) is 0 Å². The van der Waals surface area contributed by atoms with E-state index in [4.69, 9.17) is 10.2 Å². The third-order valence-electron chi connectivity index (χ3n) is 9.50. The quantitative estimate of drug-likeness (QED) is 0.343. The van der Waals surface area contributed by atoms with Gasteiger partial charge < -0.3 is 30.6 Å². The van der Waals surface area contributed by atoms with Gasteiger partial charge in [-0.3, -0.25) is 19.3 Å². The van der Waals surface area contributed by atoms with Gasteiger partial charge in [0.1, 0.15) is 34.4 Å². The zero-order chi connectivity index (χ0) is 29.4. The largest absolute Gasteiger partial charge is 0.508 e. The van der Waals surface area contributed by atoms with Crippen molar-refractivity contribution >= 4 is 23.2 Å². The predicted molar refractivity (Wildman–Crippen MR) is 148 cm³/mol. The topological polar surface area (TPSA) is 175 Å². The molecule has 4 atom stereocenters. The third kappa shape index (κ3) is 3.95. The normalized spacial score (nSPS) is 28.2. The number of nitrogens with zero attached hydrogens (tertiary/aromatic N) is 1. The average molecular weight is 563 g/mol. The number of aliphatic hydroxyl groups excluding tert-OH is 2. The molecule has 0 radical (unpaired) electrons. The Bertz CT molecular complexity index is 1540. The van der Waals surface area contributed by atoms with Gasteiger partial charge in [0, 0.05) is 23.5 Å². The second kappa shape index (κ2) is 9.60. The lowest BCUT2D eigenvalue weighted by molar-refractivity contribution is -0.153. The Labute approximate surface area is 236 Å². The maximum Gasteiger partial charge on any atom is 0.255 e. The van der Waals surface area contributed by atoms with E-state index in [0.717, 1.165) is 12.2 Å². The fourth-order valence-corrected chi connectivity index (χ4v) is 7.61. The van der Waals surface area contributed by atoms with Crippen LogP contribution < -0.4 is 5.73 Å². The van der Waals surface area contributed by atoms with Crippen molar-refractivity contribution in [2.75, 3.05) is 14.1 Å². The number of hydrogen-bond donors (Lipinski definition) is 5. The summed E-state index contributed by atoms with van der Waals surface area (Å²) in [7, 11) is 3.15. The van der Waals surface area contributed by atoms with Crippen LogP contribution in [0.4, 0.5) is 0 Å². The molecule has 1 amide bonds. The van der Waals surface area contributed by atoms with E-state index in [0.29, 0.717) is 22.8 Å². The van der Waals surface area contributed by atoms with Crippen LogP contribution >= 0.6 is 0 Å². The summed E-state index contributed by atoms with van der Waals surface area (Å²) < 4.78 is 6.22. The molecule has 2 saturated carbocycles. The molecule has 4 aliphatic carbocycles. The number of nitrogens with two attached hydrogens (primary N) is 1. The highest BCUT2D eigenvalue weighted by Gasteiger charge is 2.64. The number of amides is 1. The van der Waals surface area contributed by atoms with Crippen LogP contribution in [0.5, 0.6) is 5.75 Å². The maximum absolute atomic E-state index is 14.0. The molecule has 0 saturated heterocycles. The minimum Gasteiger partial charge on any atom is -0.508 e. The first-order valence-electron chi connectivity index (χ1n) is 14.0. The number of phenolic OH excluding ortho intramolecular Hbond substituents is 1. The Morgan fingerprint density at radius 1 is 1.10 bits per heavy atom. The van der Waals surface area contributed by atoms with Crippen molar-refractivity contribution in [3.63, 3.8) is 0 Å². The Kier molecular flexibility index (Phi) is 6.39. The fourth-order valence-electron chi connectivity index (χ4n) is 7.61. The monoisotopic (exact) mass is 562 g/mol. The van der Waals surface area contributed by atoms with Gasteiger partial charge in [-0.2, -0.15) is 0 Å². The predicted octanol–water partition coefficient (Wildman–Crippen LogP) is 2.96. The van der Waals surface area contributed by atoms with Gasteiger partial charge in [-0.05, 0) is 68.6 Å². The van der Waals surface area contributed by atoms with Crippen LogP contribution in [-0.4, -0.2) is 68.5 Å². The number of likely N-dealkylation sites (N-methyl/N-ethyl adjacent to an activating group) is 1. The van der Waals surface area contributed by atoms with Crippen LogP contribution in [0, 0.1) is 17.8 Å². The van der Waals surface area contributed by atoms with Crippen molar-refractivity contribution in [3.05, 3.63) is 58.1 Å². The van der Waals surface area contributed by atoms with Crippen LogP contribution in [0.15, 0.2) is 45.6 Å². The SMILES string of the molecule is CN(C)C1C(=O)C(C(N)=O)=C(O)[C@]2(O)C(=O)C3=C(O)c4c(O)ccc(-c5ccc(CC6CCCC6)o5)c4C[C@@H]3C[C@H]12. The van der Waals surface area contributed by atoms with Gasteiger partial charge in [-0.25, -0.2) is 0 Å². The van der Waals surface area contributed by atoms with Crippen LogP contribution in [0.3, 0.4) is 0 Å². The molecule has 216 valence electrons. The van der Waals surface area contributed by atoms with E-state index < -0.39 is 58.0 Å². The Hall–Kier alpha value is -3.89. The molecule has 1 heterocycles. The molecule has 2 fully saturated rings. The second-order valence-corrected chi connectivity index (χ2v) is 12.1. The number of phenols is 1. The summed E-state index contributed by atoms with van der Waals surface area (Å²) in [5, 5.41) is 45.0. The van der Waals surface area contributed by atoms with E-state index in [1.807, 2.05) is 12.1 Å². The van der Waals surface area contributed by atoms with Crippen molar-refractivity contribution in [3.8, 4) is 17.1 Å². The Morgan fingerprint density at radius 2 is 1.80 bits per heavy atom. The molecule has 41 heavy (non-hydrogen) atoms. The number of primary amides is 1. The van der Waals surface area contributed by atoms with Crippen molar-refractivity contribution in [2.24, 2.45) is 23.5 Å². The van der Waals surface area contributed by atoms with Gasteiger partial charge >= 0.3 is 0 Å². The summed E-state index contributed by atoms with van der Waals surface area (Å²) in [5.41, 5.74) is 3.01. The second-order valence-electron chi connectivity index (χ2n) is 12.1. The molecule has 1 aromatic carbocycles. The number of aromatic hydroxyl groups is 1. The number of Topliss-reactive ketones (excluding diaryl/α,β-unsaturated/α-hetero) is 2. The number of ketones is 2. The molecule has 0 spiro atoms. The number of carbonyl (C=O) groups excluding carboxylic acids is 3. The molecule has 0 aliphatic heterocycles. The molecule has 10 nitrogen and oxygen atoms in total. The highest BCUT2D eigenvalue weighted by molar-refractivity contribution is 6.24. The van der Waals surface area contributed by atoms with Crippen LogP contribution in [0.25, 0.3) is 17.1 Å². The molecule has 6 N–H and O–H groups in total. The van der Waals surface area contributed by atoms with E-state index in [9.17, 15) is 34.8 Å². The van der Waals surface area contributed by atoms with Gasteiger partial charge in [0.25, 0.3) is 5.91 Å². The lowest BCUT2D eigenvalue weighted by atomic mass is 9.57. The van der Waals surface area contributed by atoms with Crippen LogP contribution in [0.2, 0.25) is 0 Å². The fraction of sp³-hybridized carbons (Fsp3) is 0.452. The molecule has 0 bridgehead atoms. The maximum atomic E-state index is 14.0. The van der Waals surface area contributed by atoms with Crippen molar-refractivity contribution in [2.45, 2.75) is 56.6 Å². The van der Waals surface area contributed by atoms with E-state index in [-0.39, 0.29) is 29.7 Å². The van der Waals surface area contributed by atoms with E-state index >= 15 is 0 Å². The summed E-state index contributed by atoms with van der Waals surface area (Å²) >= 11 is 0. The van der Waals surface area contributed by atoms with Gasteiger partial charge in [0.05, 0.1) is 11.6 Å². The van der Waals surface area contributed by atoms with Gasteiger partial charge in [-0.1, -0.05) is 25.7 Å². The molecule has 6 rings (SSSR count). The van der Waals surface area contributed by atoms with Gasteiger partial charge in [0.2, 0.25) is 5.78 Å². The zero-order valence-electron chi connectivity index (χ0n) is 23.0. The summed E-state index contributed by atoms with van der Waals surface area (Å²) in [6.45, 7) is 0. The van der Waals surface area contributed by atoms with Gasteiger partial charge in [0.15, 0.2) is 11.4 Å². The number of fused-ring (bicyclic) bond motifs is 3. The summed E-state index contributed by atoms with van der Waals surface area (Å²) in [6, 6.07) is 5.82. The third-order valence-corrected chi connectivity index (χ3v) is 9.50. The summed E-state index contributed by atoms with van der Waals surface area (Å²) in [4.78, 5) is 40.9. The lowest BCUT2D eigenvalue weighted by Crippen LogP contribution is -2.65. The van der Waals surface area contributed by atoms with Crippen molar-refractivity contribution in [1.82, 2.24) is 4.90 Å². The molecular weight excluding hydrogens is 528 g/mol. The van der Waals surface area contributed by atoms with E-state index in [1.54, 1.807) is 20.2 Å². The molecule has 1 unspecified atom stereocenters. The Morgan fingerprint density at radius 3 is 2.46 bits per heavy atom. The number of hydrogen-bond acceptors (Lipinski definition) is 9. The van der Waals surface area contributed by atoms with Crippen LogP contribution in [0.1, 0.15) is 49.0 Å². The summed E-state index contributed by atoms with van der Waals surface area (Å²) in [5.74, 6) is -4.67. The first-order chi connectivity index (χ1) is 19.4. The zero-order valence-corrected chi connectivity index (χ0v) is 23.0. The smallest absolute Gasteiger partial charge is 0.255 e. The Balaban J connectivity index is 1.46. The van der Waals surface area contributed by atoms with Crippen LogP contribution in [-0.2, 0) is 27.2 Å². The number of furan rings is 1. The lowest BCUT2D eigenvalue weighted by Gasteiger charge is -2.50. The standard InChI is InChI=1S/C31H34N2O8/c1-33(2)25-19-13-15-12-18-17(21-10-7-16(41-21)11-14-5-3-4-6-14)8-9-20(34)23(18)26(35)22(15)28(37)31(19,40)29(38)24(27(25)36)30(32)39/h7-10,14-15,19,25,34-35,38,40H,3-6,11-13H2,1-2H3,(H2,32,39)/t15-,19-,25?,31-/m1/s1. The van der Waals surface area contributed by atoms with Crippen molar-refractivity contribution < 1.29 is 39.2 Å². The minimum absolute atomic E-state index is 0.0337. The molecule has 4 aliphatic rings.